The van der Waals surface area contributed by atoms with Gasteiger partial charge in [-0.3, -0.25) is 0 Å². The molecule has 0 aromatic heterocycles. The second-order valence-corrected chi connectivity index (χ2v) is 3.66. The third-order valence-corrected chi connectivity index (χ3v) is 2.46. The average Bonchev–Trinajstić information content (AvgIpc) is 2.15. The molecule has 0 spiro atoms. The zero-order valence-corrected chi connectivity index (χ0v) is 9.50. The predicted molar refractivity (Wildman–Crippen MR) is 62.9 cm³/mol. The van der Waals surface area contributed by atoms with Gasteiger partial charge in [0, 0.05) is 18.3 Å². The van der Waals surface area contributed by atoms with Gasteiger partial charge in [0.1, 0.15) is 0 Å². The standard InChI is InChI=1S/C11H15ClN2/c1-4-10(13)8-5-7(2)6-9(12)11(8)14-3/h5-6,13-14H,4H2,1-3H3. The lowest BCUT2D eigenvalue weighted by Gasteiger charge is -2.12. The zero-order chi connectivity index (χ0) is 10.7. The first-order chi connectivity index (χ1) is 6.60. The molecule has 1 aromatic carbocycles. The first kappa shape index (κ1) is 11.1. The summed E-state index contributed by atoms with van der Waals surface area (Å²) in [5, 5.41) is 11.5. The third-order valence-electron chi connectivity index (χ3n) is 2.16. The quantitative estimate of drug-likeness (QED) is 0.737. The maximum absolute atomic E-state index is 7.82. The number of hydrogen-bond acceptors (Lipinski definition) is 2. The highest BCUT2D eigenvalue weighted by molar-refractivity contribution is 6.34. The van der Waals surface area contributed by atoms with Crippen molar-refractivity contribution in [3.63, 3.8) is 0 Å². The molecule has 76 valence electrons. The second kappa shape index (κ2) is 4.47. The minimum atomic E-state index is 0.611. The third kappa shape index (κ3) is 2.07. The Bertz CT molecular complexity index is 359. The molecule has 1 rings (SSSR count). The van der Waals surface area contributed by atoms with Gasteiger partial charge < -0.3 is 10.7 Å². The molecule has 0 aliphatic rings. The van der Waals surface area contributed by atoms with E-state index < -0.39 is 0 Å². The highest BCUT2D eigenvalue weighted by Crippen LogP contribution is 2.28. The topological polar surface area (TPSA) is 35.9 Å². The second-order valence-electron chi connectivity index (χ2n) is 3.25. The van der Waals surface area contributed by atoms with Crippen molar-refractivity contribution < 1.29 is 0 Å². The van der Waals surface area contributed by atoms with E-state index in [4.69, 9.17) is 17.0 Å². The number of anilines is 1. The predicted octanol–water partition coefficient (Wildman–Crippen LogP) is 3.47. The van der Waals surface area contributed by atoms with Gasteiger partial charge in [0.25, 0.3) is 0 Å². The lowest BCUT2D eigenvalue weighted by Crippen LogP contribution is -2.04. The lowest BCUT2D eigenvalue weighted by molar-refractivity contribution is 1.23. The Morgan fingerprint density at radius 2 is 2.14 bits per heavy atom. The van der Waals surface area contributed by atoms with Crippen LogP contribution in [0.15, 0.2) is 12.1 Å². The number of nitrogens with one attached hydrogen (secondary N) is 2. The molecule has 0 radical (unpaired) electrons. The molecule has 3 heteroatoms. The molecular formula is C11H15ClN2. The van der Waals surface area contributed by atoms with Crippen LogP contribution in [0.5, 0.6) is 0 Å². The van der Waals surface area contributed by atoms with Crippen molar-refractivity contribution in [2.75, 3.05) is 12.4 Å². The van der Waals surface area contributed by atoms with E-state index in [-0.39, 0.29) is 0 Å². The van der Waals surface area contributed by atoms with E-state index in [0.717, 1.165) is 16.8 Å². The summed E-state index contributed by atoms with van der Waals surface area (Å²) in [5.41, 5.74) is 3.45. The maximum atomic E-state index is 7.82. The van der Waals surface area contributed by atoms with Crippen molar-refractivity contribution >= 4 is 23.0 Å². The van der Waals surface area contributed by atoms with Gasteiger partial charge in [-0.25, -0.2) is 0 Å². The van der Waals surface area contributed by atoms with Gasteiger partial charge in [0.15, 0.2) is 0 Å². The van der Waals surface area contributed by atoms with E-state index in [1.165, 1.54) is 0 Å². The summed E-state index contributed by atoms with van der Waals surface area (Å²) in [6.45, 7) is 3.95. The van der Waals surface area contributed by atoms with Crippen LogP contribution in [-0.2, 0) is 0 Å². The van der Waals surface area contributed by atoms with Crippen LogP contribution in [-0.4, -0.2) is 12.8 Å². The van der Waals surface area contributed by atoms with Crippen molar-refractivity contribution in [1.29, 1.82) is 5.41 Å². The molecule has 0 aliphatic carbocycles. The summed E-state index contributed by atoms with van der Waals surface area (Å²) in [5.74, 6) is 0. The Hall–Kier alpha value is -1.02. The van der Waals surface area contributed by atoms with Crippen LogP contribution in [0.2, 0.25) is 5.02 Å². The van der Waals surface area contributed by atoms with Crippen LogP contribution in [0, 0.1) is 12.3 Å². The van der Waals surface area contributed by atoms with Crippen molar-refractivity contribution in [1.82, 2.24) is 0 Å². The number of hydrogen-bond donors (Lipinski definition) is 2. The minimum Gasteiger partial charge on any atom is -0.386 e. The Morgan fingerprint density at radius 3 is 2.64 bits per heavy atom. The van der Waals surface area contributed by atoms with Gasteiger partial charge in [-0.15, -0.1) is 0 Å². The fourth-order valence-electron chi connectivity index (χ4n) is 1.42. The summed E-state index contributed by atoms with van der Waals surface area (Å²) in [6.07, 6.45) is 0.717. The van der Waals surface area contributed by atoms with Gasteiger partial charge in [-0.05, 0) is 31.0 Å². The van der Waals surface area contributed by atoms with Gasteiger partial charge >= 0.3 is 0 Å². The molecule has 0 saturated carbocycles. The van der Waals surface area contributed by atoms with Crippen molar-refractivity contribution in [2.45, 2.75) is 20.3 Å². The normalized spacial score (nSPS) is 10.0. The van der Waals surface area contributed by atoms with Gasteiger partial charge in [0.2, 0.25) is 0 Å². The lowest BCUT2D eigenvalue weighted by atomic mass is 10.0. The van der Waals surface area contributed by atoms with Crippen LogP contribution < -0.4 is 5.32 Å². The number of halogens is 1. The SMILES string of the molecule is CCC(=N)c1cc(C)cc(Cl)c1NC. The van der Waals surface area contributed by atoms with E-state index in [0.29, 0.717) is 17.2 Å². The molecular weight excluding hydrogens is 196 g/mol. The fourth-order valence-corrected chi connectivity index (χ4v) is 1.79. The van der Waals surface area contributed by atoms with Crippen LogP contribution >= 0.6 is 11.6 Å². The molecule has 0 aliphatic heterocycles. The molecule has 0 saturated heterocycles. The molecule has 14 heavy (non-hydrogen) atoms. The summed E-state index contributed by atoms with van der Waals surface area (Å²) < 4.78 is 0. The Kier molecular flexibility index (Phi) is 3.53. The van der Waals surface area contributed by atoms with Crippen LogP contribution in [0.1, 0.15) is 24.5 Å². The summed E-state index contributed by atoms with van der Waals surface area (Å²) in [6, 6.07) is 3.89. The highest BCUT2D eigenvalue weighted by Gasteiger charge is 2.09. The Balaban J connectivity index is 3.32. The van der Waals surface area contributed by atoms with Crippen molar-refractivity contribution in [2.24, 2.45) is 0 Å². The van der Waals surface area contributed by atoms with Gasteiger partial charge in [0.05, 0.1) is 10.7 Å². The zero-order valence-electron chi connectivity index (χ0n) is 8.74. The molecule has 0 atom stereocenters. The van der Waals surface area contributed by atoms with E-state index in [2.05, 4.69) is 5.32 Å². The summed E-state index contributed by atoms with van der Waals surface area (Å²) in [7, 11) is 1.82. The molecule has 0 amide bonds. The molecule has 0 fully saturated rings. The van der Waals surface area contributed by atoms with E-state index >= 15 is 0 Å². The Labute approximate surface area is 89.8 Å². The first-order valence-corrected chi connectivity index (χ1v) is 5.03. The molecule has 0 bridgehead atoms. The van der Waals surface area contributed by atoms with Crippen LogP contribution in [0.4, 0.5) is 5.69 Å². The number of benzene rings is 1. The highest BCUT2D eigenvalue weighted by atomic mass is 35.5. The number of rotatable bonds is 3. The number of aryl methyl sites for hydroxylation is 1. The van der Waals surface area contributed by atoms with Crippen LogP contribution in [0.3, 0.4) is 0 Å². The summed E-state index contributed by atoms with van der Waals surface area (Å²) in [4.78, 5) is 0. The molecule has 2 N–H and O–H groups in total. The smallest absolute Gasteiger partial charge is 0.0646 e. The van der Waals surface area contributed by atoms with Crippen molar-refractivity contribution in [3.05, 3.63) is 28.3 Å². The maximum Gasteiger partial charge on any atom is 0.0646 e. The fraction of sp³-hybridized carbons (Fsp3) is 0.364. The van der Waals surface area contributed by atoms with Gasteiger partial charge in [-0.1, -0.05) is 18.5 Å². The molecule has 0 unspecified atom stereocenters. The Morgan fingerprint density at radius 1 is 1.50 bits per heavy atom. The van der Waals surface area contributed by atoms with E-state index in [1.807, 2.05) is 33.0 Å². The minimum absolute atomic E-state index is 0.611. The largest absolute Gasteiger partial charge is 0.386 e. The van der Waals surface area contributed by atoms with Gasteiger partial charge in [-0.2, -0.15) is 0 Å². The first-order valence-electron chi connectivity index (χ1n) is 4.65. The van der Waals surface area contributed by atoms with E-state index in [9.17, 15) is 0 Å². The average molecular weight is 211 g/mol. The van der Waals surface area contributed by atoms with Crippen molar-refractivity contribution in [3.8, 4) is 0 Å². The monoisotopic (exact) mass is 210 g/mol. The summed E-state index contributed by atoms with van der Waals surface area (Å²) >= 11 is 6.08. The van der Waals surface area contributed by atoms with E-state index in [1.54, 1.807) is 0 Å². The molecule has 1 aromatic rings. The molecule has 2 nitrogen and oxygen atoms in total. The van der Waals surface area contributed by atoms with Crippen LogP contribution in [0.25, 0.3) is 0 Å². The molecule has 0 heterocycles.